The number of para-hydroxylation sites is 1. The first-order valence-corrected chi connectivity index (χ1v) is 8.00. The summed E-state index contributed by atoms with van der Waals surface area (Å²) in [4.78, 5) is 0.849. The van der Waals surface area contributed by atoms with Crippen LogP contribution in [-0.4, -0.2) is 4.99 Å². The van der Waals surface area contributed by atoms with E-state index in [1.54, 1.807) is 0 Å². The fourth-order valence-electron chi connectivity index (χ4n) is 2.37. The lowest BCUT2D eigenvalue weighted by molar-refractivity contribution is 0.304. The third-order valence-electron chi connectivity index (χ3n) is 3.66. The summed E-state index contributed by atoms with van der Waals surface area (Å²) in [7, 11) is 0. The molecule has 0 unspecified atom stereocenters. The molecule has 0 spiro atoms. The van der Waals surface area contributed by atoms with Crippen molar-refractivity contribution in [2.45, 2.75) is 40.7 Å². The number of benzene rings is 2. The Bertz CT molecular complexity index is 679. The SMILES string of the molecule is CCC(=S)Nc1c(C)cccc1COc1ccc(C)cc1C. The third-order valence-corrected chi connectivity index (χ3v) is 4.05. The zero-order chi connectivity index (χ0) is 16.1. The summed E-state index contributed by atoms with van der Waals surface area (Å²) in [5.74, 6) is 0.927. The van der Waals surface area contributed by atoms with E-state index in [0.717, 1.165) is 34.0 Å². The van der Waals surface area contributed by atoms with Gasteiger partial charge in [0, 0.05) is 11.3 Å². The highest BCUT2D eigenvalue weighted by molar-refractivity contribution is 7.80. The standard InChI is InChI=1S/C19H23NOS/c1-5-18(22)20-19-14(3)7-6-8-16(19)12-21-17-10-9-13(2)11-15(17)4/h6-11H,5,12H2,1-4H3,(H,20,22). The number of nitrogens with one attached hydrogen (secondary N) is 1. The summed E-state index contributed by atoms with van der Waals surface area (Å²) in [5.41, 5.74) is 5.77. The molecule has 1 N–H and O–H groups in total. The second-order valence-electron chi connectivity index (χ2n) is 5.57. The van der Waals surface area contributed by atoms with Gasteiger partial charge in [-0.2, -0.15) is 0 Å². The summed E-state index contributed by atoms with van der Waals surface area (Å²) in [5, 5.41) is 3.34. The van der Waals surface area contributed by atoms with Crippen molar-refractivity contribution >= 4 is 22.9 Å². The van der Waals surface area contributed by atoms with Crippen LogP contribution in [0.25, 0.3) is 0 Å². The maximum atomic E-state index is 6.01. The average Bonchev–Trinajstić information content (AvgIpc) is 2.49. The van der Waals surface area contributed by atoms with Crippen LogP contribution in [0.5, 0.6) is 5.75 Å². The van der Waals surface area contributed by atoms with Gasteiger partial charge >= 0.3 is 0 Å². The monoisotopic (exact) mass is 313 g/mol. The molecule has 2 rings (SSSR count). The van der Waals surface area contributed by atoms with E-state index in [0.29, 0.717) is 6.61 Å². The van der Waals surface area contributed by atoms with Gasteiger partial charge in [0.2, 0.25) is 0 Å². The molecular formula is C19H23NOS. The predicted octanol–water partition coefficient (Wildman–Crippen LogP) is 5.34. The number of ether oxygens (including phenoxy) is 1. The Labute approximate surface area is 138 Å². The van der Waals surface area contributed by atoms with E-state index in [9.17, 15) is 0 Å². The number of rotatable bonds is 5. The third kappa shape index (κ3) is 4.08. The number of anilines is 1. The molecule has 22 heavy (non-hydrogen) atoms. The first-order chi connectivity index (χ1) is 10.5. The molecule has 0 aliphatic rings. The van der Waals surface area contributed by atoms with Crippen molar-refractivity contribution in [3.05, 3.63) is 58.7 Å². The molecule has 2 aromatic rings. The van der Waals surface area contributed by atoms with E-state index in [-0.39, 0.29) is 0 Å². The molecule has 0 saturated carbocycles. The quantitative estimate of drug-likeness (QED) is 0.753. The molecule has 116 valence electrons. The van der Waals surface area contributed by atoms with Crippen LogP contribution in [-0.2, 0) is 6.61 Å². The fourth-order valence-corrected chi connectivity index (χ4v) is 2.47. The molecule has 0 atom stereocenters. The lowest BCUT2D eigenvalue weighted by Gasteiger charge is -2.16. The second kappa shape index (κ2) is 7.41. The molecule has 0 radical (unpaired) electrons. The Morgan fingerprint density at radius 1 is 1.09 bits per heavy atom. The van der Waals surface area contributed by atoms with Gasteiger partial charge in [-0.1, -0.05) is 55.0 Å². The maximum Gasteiger partial charge on any atom is 0.122 e. The van der Waals surface area contributed by atoms with Gasteiger partial charge in [-0.05, 0) is 44.4 Å². The zero-order valence-electron chi connectivity index (χ0n) is 13.7. The minimum Gasteiger partial charge on any atom is -0.489 e. The number of aryl methyl sites for hydroxylation is 3. The summed E-state index contributed by atoms with van der Waals surface area (Å²) in [6, 6.07) is 12.5. The van der Waals surface area contributed by atoms with Crippen molar-refractivity contribution in [3.63, 3.8) is 0 Å². The number of hydrogen-bond donors (Lipinski definition) is 1. The Morgan fingerprint density at radius 2 is 1.86 bits per heavy atom. The van der Waals surface area contributed by atoms with Gasteiger partial charge in [-0.15, -0.1) is 0 Å². The molecule has 2 aromatic carbocycles. The molecule has 0 fully saturated rings. The average molecular weight is 313 g/mol. The Kier molecular flexibility index (Phi) is 5.56. The molecule has 0 aliphatic heterocycles. The molecule has 0 aliphatic carbocycles. The Hall–Kier alpha value is -1.87. The highest BCUT2D eigenvalue weighted by atomic mass is 32.1. The molecule has 2 nitrogen and oxygen atoms in total. The van der Waals surface area contributed by atoms with Crippen molar-refractivity contribution in [1.82, 2.24) is 0 Å². The van der Waals surface area contributed by atoms with Crippen molar-refractivity contribution < 1.29 is 4.74 Å². The van der Waals surface area contributed by atoms with Crippen LogP contribution < -0.4 is 10.1 Å². The minimum atomic E-state index is 0.528. The van der Waals surface area contributed by atoms with E-state index in [1.807, 2.05) is 6.07 Å². The van der Waals surface area contributed by atoms with Crippen LogP contribution in [0.3, 0.4) is 0 Å². The Balaban J connectivity index is 2.18. The molecule has 0 heterocycles. The van der Waals surface area contributed by atoms with Gasteiger partial charge < -0.3 is 10.1 Å². The zero-order valence-corrected chi connectivity index (χ0v) is 14.5. The van der Waals surface area contributed by atoms with E-state index in [2.05, 4.69) is 63.3 Å². The lowest BCUT2D eigenvalue weighted by Crippen LogP contribution is -2.11. The summed E-state index contributed by atoms with van der Waals surface area (Å²) in [6.45, 7) is 8.83. The maximum absolute atomic E-state index is 6.01. The van der Waals surface area contributed by atoms with Crippen LogP contribution in [0.2, 0.25) is 0 Å². The number of thiocarbonyl (C=S) groups is 1. The van der Waals surface area contributed by atoms with Crippen LogP contribution in [0.4, 0.5) is 5.69 Å². The first kappa shape index (κ1) is 16.5. The fraction of sp³-hybridized carbons (Fsp3) is 0.316. The number of hydrogen-bond acceptors (Lipinski definition) is 2. The smallest absolute Gasteiger partial charge is 0.122 e. The summed E-state index contributed by atoms with van der Waals surface area (Å²) < 4.78 is 6.01. The van der Waals surface area contributed by atoms with E-state index >= 15 is 0 Å². The predicted molar refractivity (Wildman–Crippen MR) is 97.9 cm³/mol. The normalized spacial score (nSPS) is 10.4. The summed E-state index contributed by atoms with van der Waals surface area (Å²) >= 11 is 5.32. The van der Waals surface area contributed by atoms with Crippen molar-refractivity contribution in [2.75, 3.05) is 5.32 Å². The van der Waals surface area contributed by atoms with Crippen LogP contribution in [0.15, 0.2) is 36.4 Å². The van der Waals surface area contributed by atoms with E-state index < -0.39 is 0 Å². The second-order valence-corrected chi connectivity index (χ2v) is 6.06. The van der Waals surface area contributed by atoms with Gasteiger partial charge in [0.05, 0.1) is 4.99 Å². The largest absolute Gasteiger partial charge is 0.489 e. The van der Waals surface area contributed by atoms with E-state index in [4.69, 9.17) is 17.0 Å². The van der Waals surface area contributed by atoms with Crippen molar-refractivity contribution in [3.8, 4) is 5.75 Å². The van der Waals surface area contributed by atoms with Gasteiger partial charge in [-0.25, -0.2) is 0 Å². The molecule has 0 saturated heterocycles. The van der Waals surface area contributed by atoms with E-state index in [1.165, 1.54) is 11.1 Å². The topological polar surface area (TPSA) is 21.3 Å². The Morgan fingerprint density at radius 3 is 2.55 bits per heavy atom. The van der Waals surface area contributed by atoms with Crippen LogP contribution in [0.1, 0.15) is 35.6 Å². The molecule has 3 heteroatoms. The van der Waals surface area contributed by atoms with Gasteiger partial charge in [0.25, 0.3) is 0 Å². The highest BCUT2D eigenvalue weighted by Crippen LogP contribution is 2.25. The van der Waals surface area contributed by atoms with Crippen LogP contribution >= 0.6 is 12.2 Å². The lowest BCUT2D eigenvalue weighted by atomic mass is 10.1. The first-order valence-electron chi connectivity index (χ1n) is 7.59. The van der Waals surface area contributed by atoms with Crippen molar-refractivity contribution in [2.24, 2.45) is 0 Å². The van der Waals surface area contributed by atoms with Gasteiger partial charge in [-0.3, -0.25) is 0 Å². The highest BCUT2D eigenvalue weighted by Gasteiger charge is 2.08. The van der Waals surface area contributed by atoms with Crippen molar-refractivity contribution in [1.29, 1.82) is 0 Å². The molecule has 0 bridgehead atoms. The summed E-state index contributed by atoms with van der Waals surface area (Å²) in [6.07, 6.45) is 0.834. The minimum absolute atomic E-state index is 0.528. The van der Waals surface area contributed by atoms with Crippen LogP contribution in [0, 0.1) is 20.8 Å². The molecular weight excluding hydrogens is 290 g/mol. The van der Waals surface area contributed by atoms with Gasteiger partial charge in [0.15, 0.2) is 0 Å². The molecule has 0 aromatic heterocycles. The van der Waals surface area contributed by atoms with Gasteiger partial charge in [0.1, 0.15) is 12.4 Å². The molecule has 0 amide bonds.